The molecule has 1 aromatic rings. The summed E-state index contributed by atoms with van der Waals surface area (Å²) in [5, 5.41) is 3.22. The fraction of sp³-hybridized carbons (Fsp3) is 0.667. The molecule has 0 unspecified atom stereocenters. The summed E-state index contributed by atoms with van der Waals surface area (Å²) in [7, 11) is -4.29. The summed E-state index contributed by atoms with van der Waals surface area (Å²) < 4.78 is 38.3. The highest BCUT2D eigenvalue weighted by atomic mass is 32.2. The van der Waals surface area contributed by atoms with E-state index in [0.29, 0.717) is 35.3 Å². The maximum atomic E-state index is 12.6. The lowest BCUT2D eigenvalue weighted by Crippen LogP contribution is -2.41. The number of rotatable bonds is 5. The van der Waals surface area contributed by atoms with Gasteiger partial charge in [0.25, 0.3) is 10.0 Å². The number of nitrogens with zero attached hydrogens (tertiary/aromatic N) is 1. The van der Waals surface area contributed by atoms with Gasteiger partial charge in [0, 0.05) is 46.8 Å². The molecule has 0 saturated carbocycles. The smallest absolute Gasteiger partial charge is 0.252 e. The minimum absolute atomic E-state index is 0.356. The second kappa shape index (κ2) is 6.65. The lowest BCUT2D eigenvalue weighted by Gasteiger charge is -2.24. The van der Waals surface area contributed by atoms with E-state index >= 15 is 0 Å². The maximum Gasteiger partial charge on any atom is 0.252 e. The highest BCUT2D eigenvalue weighted by Crippen LogP contribution is 2.29. The van der Waals surface area contributed by atoms with Crippen LogP contribution in [0, 0.1) is 6.92 Å². The van der Waals surface area contributed by atoms with Crippen molar-refractivity contribution in [2.75, 3.05) is 31.1 Å². The average Bonchev–Trinajstić information content (AvgIpc) is 2.79. The SMILES string of the molecule is CCNCc1sc(S(=O)(=O)N2CCS(=O)CC2)cc1C. The quantitative estimate of drug-likeness (QED) is 0.868. The van der Waals surface area contributed by atoms with Gasteiger partial charge < -0.3 is 5.32 Å². The van der Waals surface area contributed by atoms with Crippen LogP contribution in [0.1, 0.15) is 17.4 Å². The van der Waals surface area contributed by atoms with E-state index in [9.17, 15) is 12.6 Å². The molecule has 0 amide bonds. The Morgan fingerprint density at radius 1 is 1.40 bits per heavy atom. The molecule has 1 aliphatic rings. The normalized spacial score (nSPS) is 18.5. The van der Waals surface area contributed by atoms with Crippen LogP contribution in [0.15, 0.2) is 10.3 Å². The lowest BCUT2D eigenvalue weighted by atomic mass is 10.3. The molecular weight excluding hydrogens is 316 g/mol. The highest BCUT2D eigenvalue weighted by molar-refractivity contribution is 7.91. The molecule has 0 atom stereocenters. The van der Waals surface area contributed by atoms with Gasteiger partial charge in [0.05, 0.1) is 0 Å². The van der Waals surface area contributed by atoms with Gasteiger partial charge in [-0.25, -0.2) is 8.42 Å². The van der Waals surface area contributed by atoms with Gasteiger partial charge in [-0.1, -0.05) is 6.92 Å². The van der Waals surface area contributed by atoms with Crippen LogP contribution in [0.2, 0.25) is 0 Å². The van der Waals surface area contributed by atoms with Gasteiger partial charge in [0.15, 0.2) is 0 Å². The van der Waals surface area contributed by atoms with Crippen LogP contribution in [0.4, 0.5) is 0 Å². The van der Waals surface area contributed by atoms with Gasteiger partial charge in [-0.2, -0.15) is 4.31 Å². The van der Waals surface area contributed by atoms with E-state index in [4.69, 9.17) is 0 Å². The molecule has 0 aliphatic carbocycles. The zero-order chi connectivity index (χ0) is 14.8. The van der Waals surface area contributed by atoms with Gasteiger partial charge >= 0.3 is 0 Å². The maximum absolute atomic E-state index is 12.6. The van der Waals surface area contributed by atoms with Gasteiger partial charge in [0.1, 0.15) is 4.21 Å². The van der Waals surface area contributed by atoms with Crippen molar-refractivity contribution in [2.45, 2.75) is 24.6 Å². The van der Waals surface area contributed by atoms with E-state index < -0.39 is 20.8 Å². The molecule has 1 aliphatic heterocycles. The molecule has 1 fully saturated rings. The molecule has 1 saturated heterocycles. The van der Waals surface area contributed by atoms with Crippen molar-refractivity contribution < 1.29 is 12.6 Å². The molecule has 2 heterocycles. The molecular formula is C12H20N2O3S3. The Kier molecular flexibility index (Phi) is 5.36. The summed E-state index contributed by atoms with van der Waals surface area (Å²) in [6.07, 6.45) is 0. The van der Waals surface area contributed by atoms with Crippen LogP contribution in [0.25, 0.3) is 0 Å². The molecule has 0 bridgehead atoms. The molecule has 0 spiro atoms. The topological polar surface area (TPSA) is 66.5 Å². The lowest BCUT2D eigenvalue weighted by molar-refractivity contribution is 0.440. The average molecular weight is 337 g/mol. The Balaban J connectivity index is 2.19. The fourth-order valence-electron chi connectivity index (χ4n) is 2.02. The molecule has 1 N–H and O–H groups in total. The van der Waals surface area contributed by atoms with Crippen molar-refractivity contribution in [1.82, 2.24) is 9.62 Å². The molecule has 0 aromatic carbocycles. The van der Waals surface area contributed by atoms with Gasteiger partial charge in [0.2, 0.25) is 0 Å². The Labute approximate surface area is 126 Å². The Morgan fingerprint density at radius 3 is 2.65 bits per heavy atom. The molecule has 8 heteroatoms. The third-order valence-electron chi connectivity index (χ3n) is 3.26. The van der Waals surface area contributed by atoms with Gasteiger partial charge in [-0.3, -0.25) is 4.21 Å². The number of hydrogen-bond donors (Lipinski definition) is 1. The zero-order valence-electron chi connectivity index (χ0n) is 11.7. The van der Waals surface area contributed by atoms with Crippen LogP contribution in [0.5, 0.6) is 0 Å². The summed E-state index contributed by atoms with van der Waals surface area (Å²) in [6.45, 7) is 6.23. The van der Waals surface area contributed by atoms with Crippen molar-refractivity contribution in [1.29, 1.82) is 0 Å². The Bertz CT molecular complexity index is 585. The first-order valence-electron chi connectivity index (χ1n) is 6.60. The first-order valence-corrected chi connectivity index (χ1v) is 10.3. The monoisotopic (exact) mass is 336 g/mol. The standard InChI is InChI=1S/C12H20N2O3S3/c1-3-13-9-11-10(2)8-12(18-11)20(16,17)14-4-6-19(15)7-5-14/h8,13H,3-7,9H2,1-2H3. The third kappa shape index (κ3) is 3.48. The second-order valence-corrected chi connectivity index (χ2v) is 9.70. The van der Waals surface area contributed by atoms with E-state index in [1.54, 1.807) is 6.07 Å². The van der Waals surface area contributed by atoms with Crippen LogP contribution < -0.4 is 5.32 Å². The Hall–Kier alpha value is -0.280. The number of hydrogen-bond acceptors (Lipinski definition) is 5. The van der Waals surface area contributed by atoms with Crippen LogP contribution in [0.3, 0.4) is 0 Å². The highest BCUT2D eigenvalue weighted by Gasteiger charge is 2.29. The summed E-state index contributed by atoms with van der Waals surface area (Å²) >= 11 is 1.33. The molecule has 2 rings (SSSR count). The van der Waals surface area contributed by atoms with Crippen molar-refractivity contribution in [3.63, 3.8) is 0 Å². The number of nitrogens with one attached hydrogen (secondary N) is 1. The summed E-state index contributed by atoms with van der Waals surface area (Å²) in [5.41, 5.74) is 1.01. The molecule has 5 nitrogen and oxygen atoms in total. The number of aryl methyl sites for hydroxylation is 1. The predicted molar refractivity (Wildman–Crippen MR) is 83.1 cm³/mol. The van der Waals surface area contributed by atoms with Crippen molar-refractivity contribution >= 4 is 32.2 Å². The van der Waals surface area contributed by atoms with E-state index in [1.165, 1.54) is 15.6 Å². The summed E-state index contributed by atoms with van der Waals surface area (Å²) in [4.78, 5) is 1.06. The van der Waals surface area contributed by atoms with Crippen molar-refractivity contribution in [3.8, 4) is 0 Å². The third-order valence-corrected chi connectivity index (χ3v) is 8.13. The minimum Gasteiger partial charge on any atom is -0.312 e. The fourth-order valence-corrected chi connectivity index (χ4v) is 6.46. The summed E-state index contributed by atoms with van der Waals surface area (Å²) in [6, 6.07) is 1.75. The second-order valence-electron chi connectivity index (χ2n) is 4.70. The van der Waals surface area contributed by atoms with Crippen LogP contribution in [-0.2, 0) is 27.4 Å². The number of sulfonamides is 1. The van der Waals surface area contributed by atoms with E-state index in [1.807, 2.05) is 13.8 Å². The van der Waals surface area contributed by atoms with Crippen molar-refractivity contribution in [2.24, 2.45) is 0 Å². The van der Waals surface area contributed by atoms with Gasteiger partial charge in [-0.05, 0) is 25.1 Å². The first kappa shape index (κ1) is 16.1. The molecule has 1 aromatic heterocycles. The molecule has 114 valence electrons. The molecule has 20 heavy (non-hydrogen) atoms. The first-order chi connectivity index (χ1) is 9.45. The van der Waals surface area contributed by atoms with E-state index in [2.05, 4.69) is 5.32 Å². The summed E-state index contributed by atoms with van der Waals surface area (Å²) in [5.74, 6) is 0.877. The molecule has 0 radical (unpaired) electrons. The van der Waals surface area contributed by atoms with Gasteiger partial charge in [-0.15, -0.1) is 11.3 Å². The zero-order valence-corrected chi connectivity index (χ0v) is 14.2. The largest absolute Gasteiger partial charge is 0.312 e. The van der Waals surface area contributed by atoms with Crippen LogP contribution >= 0.6 is 11.3 Å². The Morgan fingerprint density at radius 2 is 2.05 bits per heavy atom. The van der Waals surface area contributed by atoms with Crippen LogP contribution in [-0.4, -0.2) is 48.1 Å². The minimum atomic E-state index is -3.42. The predicted octanol–water partition coefficient (Wildman–Crippen LogP) is 0.919. The van der Waals surface area contributed by atoms with E-state index in [-0.39, 0.29) is 0 Å². The van der Waals surface area contributed by atoms with Crippen molar-refractivity contribution in [3.05, 3.63) is 16.5 Å². The number of thiophene rings is 1. The van der Waals surface area contributed by atoms with E-state index in [0.717, 1.165) is 17.0 Å².